The Morgan fingerprint density at radius 3 is 2.20 bits per heavy atom. The van der Waals surface area contributed by atoms with E-state index in [9.17, 15) is 4.79 Å². The minimum Gasteiger partial charge on any atom is -0.497 e. The zero-order chi connectivity index (χ0) is 21.1. The lowest BCUT2D eigenvalue weighted by molar-refractivity contribution is 0.0926. The molecule has 5 heteroatoms. The van der Waals surface area contributed by atoms with Crippen LogP contribution in [0.4, 0.5) is 5.69 Å². The molecule has 0 aliphatic carbocycles. The Hall–Kier alpha value is -3.05. The van der Waals surface area contributed by atoms with Crippen LogP contribution in [0.3, 0.4) is 0 Å². The summed E-state index contributed by atoms with van der Waals surface area (Å²) in [6.07, 6.45) is 0. The first kappa shape index (κ1) is 20.2. The Morgan fingerprint density at radius 2 is 1.57 bits per heavy atom. The molecule has 30 heavy (non-hydrogen) atoms. The third-order valence-corrected chi connectivity index (χ3v) is 5.92. The largest absolute Gasteiger partial charge is 0.497 e. The summed E-state index contributed by atoms with van der Waals surface area (Å²) >= 11 is 0. The van der Waals surface area contributed by atoms with E-state index < -0.39 is 0 Å². The number of piperazine rings is 1. The molecule has 1 aliphatic rings. The van der Waals surface area contributed by atoms with Crippen molar-refractivity contribution < 1.29 is 9.53 Å². The zero-order valence-corrected chi connectivity index (χ0v) is 18.0. The SMILES string of the molecule is COc1ccc(N2CCN(CC(=O)c3cc(C)n(-c4ccccc4)c3C)CC2)cc1. The number of ether oxygens (including phenoxy) is 1. The maximum atomic E-state index is 13.1. The van der Waals surface area contributed by atoms with E-state index in [4.69, 9.17) is 4.74 Å². The predicted molar refractivity (Wildman–Crippen MR) is 121 cm³/mol. The van der Waals surface area contributed by atoms with Gasteiger partial charge in [-0.3, -0.25) is 9.69 Å². The van der Waals surface area contributed by atoms with Gasteiger partial charge < -0.3 is 14.2 Å². The van der Waals surface area contributed by atoms with Crippen molar-refractivity contribution >= 4 is 11.5 Å². The highest BCUT2D eigenvalue weighted by Crippen LogP contribution is 2.23. The van der Waals surface area contributed by atoms with E-state index in [2.05, 4.69) is 45.6 Å². The van der Waals surface area contributed by atoms with Gasteiger partial charge in [0.1, 0.15) is 5.75 Å². The van der Waals surface area contributed by atoms with Crippen LogP contribution in [0, 0.1) is 13.8 Å². The maximum Gasteiger partial charge on any atom is 0.178 e. The first-order valence-electron chi connectivity index (χ1n) is 10.5. The number of nitrogens with zero attached hydrogens (tertiary/aromatic N) is 3. The third kappa shape index (κ3) is 4.12. The molecule has 1 fully saturated rings. The van der Waals surface area contributed by atoms with Crippen molar-refractivity contribution in [2.24, 2.45) is 0 Å². The summed E-state index contributed by atoms with van der Waals surface area (Å²) in [7, 11) is 1.68. The molecule has 2 heterocycles. The maximum absolute atomic E-state index is 13.1. The molecule has 3 aromatic rings. The van der Waals surface area contributed by atoms with Gasteiger partial charge in [-0.1, -0.05) is 18.2 Å². The van der Waals surface area contributed by atoms with Gasteiger partial charge in [0.15, 0.2) is 5.78 Å². The van der Waals surface area contributed by atoms with Crippen LogP contribution >= 0.6 is 0 Å². The molecule has 0 unspecified atom stereocenters. The number of aromatic nitrogens is 1. The number of benzene rings is 2. The molecule has 1 saturated heterocycles. The summed E-state index contributed by atoms with van der Waals surface area (Å²) in [5.74, 6) is 1.07. The van der Waals surface area contributed by atoms with Crippen LogP contribution in [-0.2, 0) is 0 Å². The van der Waals surface area contributed by atoms with Gasteiger partial charge in [-0.25, -0.2) is 0 Å². The number of anilines is 1. The van der Waals surface area contributed by atoms with Gasteiger partial charge in [0.25, 0.3) is 0 Å². The van der Waals surface area contributed by atoms with Gasteiger partial charge in [-0.15, -0.1) is 0 Å². The normalized spacial score (nSPS) is 14.7. The van der Waals surface area contributed by atoms with Crippen molar-refractivity contribution in [2.75, 3.05) is 44.7 Å². The molecular formula is C25H29N3O2. The number of rotatable bonds is 6. The van der Waals surface area contributed by atoms with E-state index in [-0.39, 0.29) is 5.78 Å². The molecule has 5 nitrogen and oxygen atoms in total. The first-order valence-corrected chi connectivity index (χ1v) is 10.5. The Bertz CT molecular complexity index is 1000. The van der Waals surface area contributed by atoms with Crippen molar-refractivity contribution in [1.29, 1.82) is 0 Å². The van der Waals surface area contributed by atoms with Gasteiger partial charge in [-0.05, 0) is 56.3 Å². The molecule has 0 bridgehead atoms. The number of aryl methyl sites for hydroxylation is 1. The number of carbonyl (C=O) groups is 1. The van der Waals surface area contributed by atoms with Crippen molar-refractivity contribution in [3.8, 4) is 11.4 Å². The van der Waals surface area contributed by atoms with Gasteiger partial charge in [0.05, 0.1) is 13.7 Å². The van der Waals surface area contributed by atoms with E-state index in [1.54, 1.807) is 7.11 Å². The van der Waals surface area contributed by atoms with E-state index in [0.717, 1.165) is 54.6 Å². The summed E-state index contributed by atoms with van der Waals surface area (Å²) < 4.78 is 7.40. The summed E-state index contributed by atoms with van der Waals surface area (Å²) in [5, 5.41) is 0. The van der Waals surface area contributed by atoms with E-state index in [0.29, 0.717) is 6.54 Å². The van der Waals surface area contributed by atoms with Crippen molar-refractivity contribution in [1.82, 2.24) is 9.47 Å². The first-order chi connectivity index (χ1) is 14.6. The molecule has 4 rings (SSSR count). The summed E-state index contributed by atoms with van der Waals surface area (Å²) in [5.41, 5.74) is 5.23. The molecule has 1 aromatic heterocycles. The highest BCUT2D eigenvalue weighted by Gasteiger charge is 2.22. The second-order valence-corrected chi connectivity index (χ2v) is 7.84. The standard InChI is InChI=1S/C25H29N3O2/c1-19-17-24(20(2)28(19)22-7-5-4-6-8-22)25(29)18-26-13-15-27(16-14-26)21-9-11-23(30-3)12-10-21/h4-12,17H,13-16,18H2,1-3H3. The Morgan fingerprint density at radius 1 is 0.900 bits per heavy atom. The lowest BCUT2D eigenvalue weighted by Crippen LogP contribution is -2.48. The highest BCUT2D eigenvalue weighted by molar-refractivity contribution is 5.99. The summed E-state index contributed by atoms with van der Waals surface area (Å²) in [6.45, 7) is 8.17. The monoisotopic (exact) mass is 403 g/mol. The minimum atomic E-state index is 0.197. The molecule has 1 aliphatic heterocycles. The van der Waals surface area contributed by atoms with Crippen LogP contribution in [0.5, 0.6) is 5.75 Å². The minimum absolute atomic E-state index is 0.197. The van der Waals surface area contributed by atoms with Crippen molar-refractivity contribution in [3.05, 3.63) is 77.6 Å². The van der Waals surface area contributed by atoms with Crippen molar-refractivity contribution in [2.45, 2.75) is 13.8 Å². The van der Waals surface area contributed by atoms with E-state index in [1.807, 2.05) is 43.3 Å². The number of para-hydroxylation sites is 1. The second-order valence-electron chi connectivity index (χ2n) is 7.84. The fourth-order valence-electron chi connectivity index (χ4n) is 4.26. The van der Waals surface area contributed by atoms with Crippen LogP contribution < -0.4 is 9.64 Å². The molecule has 0 radical (unpaired) electrons. The third-order valence-electron chi connectivity index (χ3n) is 5.92. The number of methoxy groups -OCH3 is 1. The average molecular weight is 404 g/mol. The zero-order valence-electron chi connectivity index (χ0n) is 18.0. The number of hydrogen-bond donors (Lipinski definition) is 0. The van der Waals surface area contributed by atoms with E-state index >= 15 is 0 Å². The lowest BCUT2D eigenvalue weighted by Gasteiger charge is -2.35. The van der Waals surface area contributed by atoms with Gasteiger partial charge in [0.2, 0.25) is 0 Å². The molecule has 2 aromatic carbocycles. The molecule has 0 N–H and O–H groups in total. The fourth-order valence-corrected chi connectivity index (χ4v) is 4.26. The van der Waals surface area contributed by atoms with Crippen LogP contribution in [0.15, 0.2) is 60.7 Å². The smallest absolute Gasteiger partial charge is 0.178 e. The Balaban J connectivity index is 1.39. The molecule has 0 atom stereocenters. The topological polar surface area (TPSA) is 37.7 Å². The van der Waals surface area contributed by atoms with Gasteiger partial charge in [-0.2, -0.15) is 0 Å². The van der Waals surface area contributed by atoms with Crippen LogP contribution in [0.2, 0.25) is 0 Å². The summed E-state index contributed by atoms with van der Waals surface area (Å²) in [4.78, 5) is 17.7. The number of carbonyl (C=O) groups excluding carboxylic acids is 1. The number of hydrogen-bond acceptors (Lipinski definition) is 4. The second kappa shape index (κ2) is 8.76. The summed E-state index contributed by atoms with van der Waals surface area (Å²) in [6, 6.07) is 20.4. The van der Waals surface area contributed by atoms with Crippen LogP contribution in [-0.4, -0.2) is 55.1 Å². The number of ketones is 1. The Kier molecular flexibility index (Phi) is 5.91. The van der Waals surface area contributed by atoms with Gasteiger partial charge >= 0.3 is 0 Å². The van der Waals surface area contributed by atoms with Crippen molar-refractivity contribution in [3.63, 3.8) is 0 Å². The number of Topliss-reactive ketones (excluding diaryl/α,β-unsaturated/α-hetero) is 1. The molecule has 0 saturated carbocycles. The molecule has 156 valence electrons. The fraction of sp³-hybridized carbons (Fsp3) is 0.320. The predicted octanol–water partition coefficient (Wildman–Crippen LogP) is 4.11. The van der Waals surface area contributed by atoms with Crippen LogP contribution in [0.1, 0.15) is 21.7 Å². The lowest BCUT2D eigenvalue weighted by atomic mass is 10.1. The Labute approximate surface area is 178 Å². The van der Waals surface area contributed by atoms with E-state index in [1.165, 1.54) is 5.69 Å². The highest BCUT2D eigenvalue weighted by atomic mass is 16.5. The molecular weight excluding hydrogens is 374 g/mol. The quantitative estimate of drug-likeness (QED) is 0.581. The molecule has 0 spiro atoms. The van der Waals surface area contributed by atoms with Gasteiger partial charge in [0, 0.05) is 54.5 Å². The van der Waals surface area contributed by atoms with Crippen LogP contribution in [0.25, 0.3) is 5.69 Å². The average Bonchev–Trinajstić information content (AvgIpc) is 3.09. The molecule has 0 amide bonds.